The second kappa shape index (κ2) is 4.58. The minimum atomic E-state index is -0.603. The van der Waals surface area contributed by atoms with E-state index in [9.17, 15) is 9.59 Å². The molecule has 0 spiro atoms. The number of aryl methyl sites for hydroxylation is 2. The second-order valence-electron chi connectivity index (χ2n) is 3.62. The van der Waals surface area contributed by atoms with E-state index in [4.69, 9.17) is 10.00 Å². The Morgan fingerprint density at radius 1 is 1.56 bits per heavy atom. The van der Waals surface area contributed by atoms with Crippen LogP contribution in [0.2, 0.25) is 0 Å². The molecular weight excluding hydrogens is 254 g/mol. The van der Waals surface area contributed by atoms with Crippen LogP contribution >= 0.6 is 11.3 Å². The predicted molar refractivity (Wildman–Crippen MR) is 65.6 cm³/mol. The van der Waals surface area contributed by atoms with Gasteiger partial charge in [-0.2, -0.15) is 5.26 Å². The van der Waals surface area contributed by atoms with E-state index in [0.717, 1.165) is 11.3 Å². The summed E-state index contributed by atoms with van der Waals surface area (Å²) in [6.45, 7) is 3.02. The fourth-order valence-electron chi connectivity index (χ4n) is 1.61. The van der Waals surface area contributed by atoms with E-state index < -0.39 is 5.97 Å². The van der Waals surface area contributed by atoms with E-state index in [1.54, 1.807) is 19.9 Å². The van der Waals surface area contributed by atoms with Gasteiger partial charge in [-0.05, 0) is 19.4 Å². The minimum Gasteiger partial charge on any atom is -0.446 e. The van der Waals surface area contributed by atoms with Crippen LogP contribution in [0.4, 0.5) is 0 Å². The highest BCUT2D eigenvalue weighted by Gasteiger charge is 2.19. The molecule has 2 rings (SSSR count). The lowest BCUT2D eigenvalue weighted by Gasteiger charge is -1.97. The number of carbonyl (C=O) groups is 1. The second-order valence-corrected chi connectivity index (χ2v) is 4.62. The molecule has 0 aliphatic heterocycles. The number of hydrogen-bond donors (Lipinski definition) is 1. The first-order valence-corrected chi connectivity index (χ1v) is 5.90. The topological polar surface area (TPSA) is 95.8 Å². The number of nitrogens with zero attached hydrogens (tertiary/aromatic N) is 2. The number of H-pyrrole nitrogens is 1. The number of hydrogen-bond acceptors (Lipinski definition) is 6. The van der Waals surface area contributed by atoms with Crippen molar-refractivity contribution in [3.8, 4) is 6.07 Å². The monoisotopic (exact) mass is 263 g/mol. The third-order valence-corrected chi connectivity index (χ3v) is 3.54. The number of nitriles is 1. The summed E-state index contributed by atoms with van der Waals surface area (Å²) in [6, 6.07) is 1.72. The van der Waals surface area contributed by atoms with Gasteiger partial charge in [0.05, 0.1) is 5.39 Å². The van der Waals surface area contributed by atoms with Crippen LogP contribution in [0.1, 0.15) is 21.1 Å². The highest BCUT2D eigenvalue weighted by atomic mass is 32.1. The Morgan fingerprint density at radius 3 is 2.94 bits per heavy atom. The highest BCUT2D eigenvalue weighted by Crippen LogP contribution is 2.27. The molecular formula is C11H9N3O3S. The first-order valence-electron chi connectivity index (χ1n) is 5.08. The Hall–Kier alpha value is -2.20. The maximum atomic E-state index is 11.8. The van der Waals surface area contributed by atoms with Crippen LogP contribution < -0.4 is 5.56 Å². The summed E-state index contributed by atoms with van der Waals surface area (Å²) in [5.74, 6) is -0.111. The lowest BCUT2D eigenvalue weighted by Crippen LogP contribution is -2.10. The van der Waals surface area contributed by atoms with Crippen LogP contribution in [0.15, 0.2) is 4.79 Å². The van der Waals surface area contributed by atoms with Gasteiger partial charge in [-0.1, -0.05) is 0 Å². The molecule has 0 radical (unpaired) electrons. The molecule has 0 aromatic carbocycles. The summed E-state index contributed by atoms with van der Waals surface area (Å²) < 4.78 is 4.73. The standard InChI is InChI=1S/C11H9N3O3S/c1-5-7-9(15)13-6(2)14-10(7)18-8(5)11(16)17-4-3-12/h4H2,1-2H3,(H,13,14,15). The molecule has 0 amide bonds. The molecule has 0 atom stereocenters. The largest absolute Gasteiger partial charge is 0.446 e. The summed E-state index contributed by atoms with van der Waals surface area (Å²) in [7, 11) is 0. The van der Waals surface area contributed by atoms with Crippen molar-refractivity contribution in [1.29, 1.82) is 5.26 Å². The Balaban J connectivity index is 2.58. The summed E-state index contributed by atoms with van der Waals surface area (Å²) in [5, 5.41) is 8.76. The summed E-state index contributed by atoms with van der Waals surface area (Å²) >= 11 is 1.10. The molecule has 2 heterocycles. The van der Waals surface area contributed by atoms with E-state index in [2.05, 4.69) is 9.97 Å². The molecule has 2 aromatic rings. The fourth-order valence-corrected chi connectivity index (χ4v) is 2.73. The Labute approximate surface area is 106 Å². The molecule has 0 unspecified atom stereocenters. The van der Waals surface area contributed by atoms with Gasteiger partial charge in [0.2, 0.25) is 0 Å². The van der Waals surface area contributed by atoms with Gasteiger partial charge >= 0.3 is 5.97 Å². The Bertz CT molecular complexity index is 723. The van der Waals surface area contributed by atoms with Gasteiger partial charge in [0, 0.05) is 0 Å². The van der Waals surface area contributed by atoms with Crippen LogP contribution in [0.25, 0.3) is 10.2 Å². The average Bonchev–Trinajstić information content (AvgIpc) is 2.63. The van der Waals surface area contributed by atoms with Crippen molar-refractivity contribution in [2.75, 3.05) is 6.61 Å². The molecule has 1 N–H and O–H groups in total. The number of carbonyl (C=O) groups excluding carboxylic acids is 1. The number of thiophene rings is 1. The molecule has 2 aromatic heterocycles. The van der Waals surface area contributed by atoms with Gasteiger partial charge in [-0.3, -0.25) is 4.79 Å². The van der Waals surface area contributed by atoms with Crippen LogP contribution in [-0.4, -0.2) is 22.5 Å². The molecule has 18 heavy (non-hydrogen) atoms. The van der Waals surface area contributed by atoms with Crippen molar-refractivity contribution in [1.82, 2.24) is 9.97 Å². The number of nitrogens with one attached hydrogen (secondary N) is 1. The van der Waals surface area contributed by atoms with E-state index in [-0.39, 0.29) is 12.2 Å². The number of aromatic nitrogens is 2. The van der Waals surface area contributed by atoms with Gasteiger partial charge in [-0.15, -0.1) is 11.3 Å². The lowest BCUT2D eigenvalue weighted by molar-refractivity contribution is 0.0560. The van der Waals surface area contributed by atoms with Crippen LogP contribution in [0.3, 0.4) is 0 Å². The summed E-state index contributed by atoms with van der Waals surface area (Å²) in [6.07, 6.45) is 0. The molecule has 0 fully saturated rings. The van der Waals surface area contributed by atoms with Crippen molar-refractivity contribution < 1.29 is 9.53 Å². The van der Waals surface area contributed by atoms with E-state index in [0.29, 0.717) is 26.5 Å². The van der Waals surface area contributed by atoms with Gasteiger partial charge in [0.1, 0.15) is 21.6 Å². The fraction of sp³-hybridized carbons (Fsp3) is 0.273. The lowest BCUT2D eigenvalue weighted by atomic mass is 10.2. The number of rotatable bonds is 2. The SMILES string of the molecule is Cc1nc2sc(C(=O)OCC#N)c(C)c2c(=O)[nH]1. The van der Waals surface area contributed by atoms with Gasteiger partial charge in [-0.25, -0.2) is 9.78 Å². The zero-order valence-electron chi connectivity index (χ0n) is 9.73. The average molecular weight is 263 g/mol. The molecule has 92 valence electrons. The zero-order chi connectivity index (χ0) is 13.3. The zero-order valence-corrected chi connectivity index (χ0v) is 10.6. The minimum absolute atomic E-state index is 0.273. The number of fused-ring (bicyclic) bond motifs is 1. The Morgan fingerprint density at radius 2 is 2.28 bits per heavy atom. The van der Waals surface area contributed by atoms with Crippen molar-refractivity contribution >= 4 is 27.5 Å². The Kier molecular flexibility index (Phi) is 3.12. The van der Waals surface area contributed by atoms with Crippen molar-refractivity contribution in [3.05, 3.63) is 26.6 Å². The summed E-state index contributed by atoms with van der Waals surface area (Å²) in [5.41, 5.74) is 0.261. The van der Waals surface area contributed by atoms with Gasteiger partial charge in [0.25, 0.3) is 5.56 Å². The van der Waals surface area contributed by atoms with E-state index >= 15 is 0 Å². The van der Waals surface area contributed by atoms with Crippen LogP contribution in [0, 0.1) is 25.2 Å². The maximum Gasteiger partial charge on any atom is 0.349 e. The van der Waals surface area contributed by atoms with E-state index in [1.807, 2.05) is 0 Å². The van der Waals surface area contributed by atoms with Crippen molar-refractivity contribution in [3.63, 3.8) is 0 Å². The number of ether oxygens (including phenoxy) is 1. The first kappa shape index (κ1) is 12.3. The number of aromatic amines is 1. The van der Waals surface area contributed by atoms with Crippen molar-refractivity contribution in [2.24, 2.45) is 0 Å². The summed E-state index contributed by atoms with van der Waals surface area (Å²) in [4.78, 5) is 31.0. The maximum absolute atomic E-state index is 11.8. The highest BCUT2D eigenvalue weighted by molar-refractivity contribution is 7.20. The third-order valence-electron chi connectivity index (χ3n) is 2.37. The first-order chi connectivity index (χ1) is 8.54. The third kappa shape index (κ3) is 1.98. The normalized spacial score (nSPS) is 10.3. The smallest absolute Gasteiger partial charge is 0.349 e. The quantitative estimate of drug-likeness (QED) is 0.823. The van der Waals surface area contributed by atoms with Gasteiger partial charge in [0.15, 0.2) is 6.61 Å². The molecule has 7 heteroatoms. The molecule has 0 saturated heterocycles. The molecule has 0 saturated carbocycles. The molecule has 0 bridgehead atoms. The van der Waals surface area contributed by atoms with E-state index in [1.165, 1.54) is 0 Å². The molecule has 6 nitrogen and oxygen atoms in total. The van der Waals surface area contributed by atoms with Gasteiger partial charge < -0.3 is 9.72 Å². The van der Waals surface area contributed by atoms with Crippen molar-refractivity contribution in [2.45, 2.75) is 13.8 Å². The van der Waals surface area contributed by atoms with Crippen LogP contribution in [0.5, 0.6) is 0 Å². The predicted octanol–water partition coefficient (Wildman–Crippen LogP) is 1.28. The number of esters is 1. The molecule has 0 aliphatic carbocycles. The van der Waals surface area contributed by atoms with Crippen LogP contribution in [-0.2, 0) is 4.74 Å². The molecule has 0 aliphatic rings.